The molecule has 9 heavy (non-hydrogen) atoms. The summed E-state index contributed by atoms with van der Waals surface area (Å²) in [4.78, 5) is 10.1. The Hall–Kier alpha value is -1.31. The van der Waals surface area contributed by atoms with Crippen molar-refractivity contribution >= 4 is 6.29 Å². The minimum Gasteiger partial charge on any atom is -0.367 e. The normalized spacial score (nSPS) is 15.8. The lowest BCUT2D eigenvalue weighted by molar-refractivity contribution is -0.104. The van der Waals surface area contributed by atoms with E-state index in [4.69, 9.17) is 0 Å². The zero-order chi connectivity index (χ0) is 6.53. The minimum absolute atomic E-state index is 0.653. The molecule has 0 atom stereocenters. The number of carbonyl (C=O) groups is 1. The van der Waals surface area contributed by atoms with Crippen molar-refractivity contribution in [3.8, 4) is 0 Å². The fraction of sp³-hybridized carbons (Fsp3) is 0. The average molecular weight is 121 g/mol. The molecular weight excluding hydrogens is 114 g/mol. The molecule has 1 rings (SSSR count). The van der Waals surface area contributed by atoms with Crippen molar-refractivity contribution in [2.24, 2.45) is 0 Å². The van der Waals surface area contributed by atoms with Gasteiger partial charge >= 0.3 is 0 Å². The highest BCUT2D eigenvalue weighted by Crippen LogP contribution is 1.93. The van der Waals surface area contributed by atoms with E-state index in [-0.39, 0.29) is 0 Å². The van der Waals surface area contributed by atoms with E-state index in [2.05, 4.69) is 5.32 Å². The van der Waals surface area contributed by atoms with Crippen LogP contribution in [-0.4, -0.2) is 6.29 Å². The number of rotatable bonds is 1. The van der Waals surface area contributed by atoms with Crippen LogP contribution in [0.1, 0.15) is 0 Å². The molecule has 0 fully saturated rings. The fourth-order valence-corrected chi connectivity index (χ4v) is 0.544. The first-order valence-electron chi connectivity index (χ1n) is 2.68. The van der Waals surface area contributed by atoms with Crippen LogP contribution < -0.4 is 5.32 Å². The smallest absolute Gasteiger partial charge is 0.151 e. The molecule has 0 saturated carbocycles. The summed E-state index contributed by atoms with van der Waals surface area (Å²) in [5.41, 5.74) is 0.653. The first-order chi connectivity index (χ1) is 4.43. The fourth-order valence-electron chi connectivity index (χ4n) is 0.544. The summed E-state index contributed by atoms with van der Waals surface area (Å²) in [5, 5.41) is 2.81. The second-order valence-electron chi connectivity index (χ2n) is 1.65. The molecule has 0 aromatic heterocycles. The van der Waals surface area contributed by atoms with Crippen LogP contribution in [0.2, 0.25) is 0 Å². The molecule has 0 aromatic rings. The van der Waals surface area contributed by atoms with Gasteiger partial charge in [-0.2, -0.15) is 0 Å². The van der Waals surface area contributed by atoms with Gasteiger partial charge in [0.05, 0.1) is 0 Å². The Labute approximate surface area is 53.6 Å². The summed E-state index contributed by atoms with van der Waals surface area (Å²) >= 11 is 0. The number of nitrogens with one attached hydrogen (secondary N) is 1. The molecule has 2 heteroatoms. The van der Waals surface area contributed by atoms with Crippen molar-refractivity contribution in [1.82, 2.24) is 5.32 Å². The van der Waals surface area contributed by atoms with Gasteiger partial charge in [-0.1, -0.05) is 12.2 Å². The predicted octanol–water partition coefficient (Wildman–Crippen LogP) is 0.742. The van der Waals surface area contributed by atoms with Crippen LogP contribution in [0.3, 0.4) is 0 Å². The molecule has 0 bridgehead atoms. The van der Waals surface area contributed by atoms with Gasteiger partial charge in [0.25, 0.3) is 0 Å². The van der Waals surface area contributed by atoms with E-state index >= 15 is 0 Å². The Morgan fingerprint density at radius 1 is 1.44 bits per heavy atom. The van der Waals surface area contributed by atoms with Crippen molar-refractivity contribution in [2.45, 2.75) is 0 Å². The Balaban J connectivity index is 2.74. The van der Waals surface area contributed by atoms with Crippen molar-refractivity contribution in [3.63, 3.8) is 0 Å². The highest BCUT2D eigenvalue weighted by Gasteiger charge is 1.86. The van der Waals surface area contributed by atoms with Crippen LogP contribution in [0.4, 0.5) is 0 Å². The van der Waals surface area contributed by atoms with E-state index in [1.165, 1.54) is 0 Å². The molecule has 46 valence electrons. The van der Waals surface area contributed by atoms with Crippen molar-refractivity contribution in [2.75, 3.05) is 0 Å². The number of aldehydes is 1. The van der Waals surface area contributed by atoms with E-state index < -0.39 is 0 Å². The van der Waals surface area contributed by atoms with Crippen LogP contribution in [0.25, 0.3) is 0 Å². The maximum absolute atomic E-state index is 10.1. The van der Waals surface area contributed by atoms with Gasteiger partial charge in [0.1, 0.15) is 0 Å². The van der Waals surface area contributed by atoms with Gasteiger partial charge in [-0.05, 0) is 6.08 Å². The highest BCUT2D eigenvalue weighted by atomic mass is 16.1. The number of allylic oxidation sites excluding steroid dienone is 4. The third kappa shape index (κ3) is 1.57. The molecule has 0 radical (unpaired) electrons. The van der Waals surface area contributed by atoms with E-state index in [0.29, 0.717) is 5.57 Å². The molecule has 0 unspecified atom stereocenters. The molecule has 1 heterocycles. The highest BCUT2D eigenvalue weighted by molar-refractivity contribution is 5.77. The summed E-state index contributed by atoms with van der Waals surface area (Å²) in [5.74, 6) is 0. The largest absolute Gasteiger partial charge is 0.367 e. The molecule has 0 aliphatic carbocycles. The van der Waals surface area contributed by atoms with Crippen molar-refractivity contribution < 1.29 is 4.79 Å². The number of hydrogen-bond donors (Lipinski definition) is 1. The van der Waals surface area contributed by atoms with E-state index in [1.54, 1.807) is 24.6 Å². The quantitative estimate of drug-likeness (QED) is 0.518. The molecule has 1 aliphatic rings. The zero-order valence-corrected chi connectivity index (χ0v) is 4.87. The van der Waals surface area contributed by atoms with Crippen molar-refractivity contribution in [3.05, 3.63) is 36.2 Å². The van der Waals surface area contributed by atoms with Gasteiger partial charge in [-0.25, -0.2) is 0 Å². The van der Waals surface area contributed by atoms with Crippen LogP contribution in [0.5, 0.6) is 0 Å². The van der Waals surface area contributed by atoms with Gasteiger partial charge in [-0.15, -0.1) is 0 Å². The second-order valence-corrected chi connectivity index (χ2v) is 1.65. The summed E-state index contributed by atoms with van der Waals surface area (Å²) in [6, 6.07) is 0. The number of carbonyl (C=O) groups excluding carboxylic acids is 1. The van der Waals surface area contributed by atoms with E-state index in [0.717, 1.165) is 6.29 Å². The molecule has 0 amide bonds. The maximum Gasteiger partial charge on any atom is 0.151 e. The van der Waals surface area contributed by atoms with Gasteiger partial charge in [0.15, 0.2) is 6.29 Å². The van der Waals surface area contributed by atoms with Crippen LogP contribution >= 0.6 is 0 Å². The third-order valence-corrected chi connectivity index (χ3v) is 0.978. The topological polar surface area (TPSA) is 29.1 Å². The molecule has 0 spiro atoms. The van der Waals surface area contributed by atoms with E-state index in [1.807, 2.05) is 6.08 Å². The molecule has 0 saturated heterocycles. The molecule has 1 aliphatic heterocycles. The van der Waals surface area contributed by atoms with Crippen LogP contribution in [-0.2, 0) is 4.79 Å². The monoisotopic (exact) mass is 121 g/mol. The summed E-state index contributed by atoms with van der Waals surface area (Å²) < 4.78 is 0. The Morgan fingerprint density at radius 3 is 3.11 bits per heavy atom. The van der Waals surface area contributed by atoms with Crippen LogP contribution in [0, 0.1) is 0 Å². The standard InChI is InChI=1S/C7H7NO/c9-6-7-3-1-2-4-8-5-7/h1-6,8H. The SMILES string of the molecule is O=CC1=CNC=CC=C1. The first kappa shape index (κ1) is 5.82. The number of hydrogen-bond acceptors (Lipinski definition) is 2. The Bertz CT molecular complexity index is 189. The maximum atomic E-state index is 10.1. The lowest BCUT2D eigenvalue weighted by Gasteiger charge is -1.85. The molecular formula is C7H7NO. The Kier molecular flexibility index (Phi) is 1.85. The molecule has 2 nitrogen and oxygen atoms in total. The summed E-state index contributed by atoms with van der Waals surface area (Å²) in [7, 11) is 0. The van der Waals surface area contributed by atoms with Gasteiger partial charge in [0.2, 0.25) is 0 Å². The van der Waals surface area contributed by atoms with Gasteiger partial charge in [0, 0.05) is 18.0 Å². The molecule has 0 aromatic carbocycles. The van der Waals surface area contributed by atoms with Gasteiger partial charge in [-0.3, -0.25) is 4.79 Å². The zero-order valence-electron chi connectivity index (χ0n) is 4.87. The predicted molar refractivity (Wildman–Crippen MR) is 35.6 cm³/mol. The lowest BCUT2D eigenvalue weighted by Crippen LogP contribution is -1.92. The van der Waals surface area contributed by atoms with E-state index in [9.17, 15) is 4.79 Å². The van der Waals surface area contributed by atoms with Gasteiger partial charge < -0.3 is 5.32 Å². The van der Waals surface area contributed by atoms with Crippen molar-refractivity contribution in [1.29, 1.82) is 0 Å². The second kappa shape index (κ2) is 2.87. The first-order valence-corrected chi connectivity index (χ1v) is 2.68. The summed E-state index contributed by atoms with van der Waals surface area (Å²) in [6.45, 7) is 0. The van der Waals surface area contributed by atoms with Crippen LogP contribution in [0.15, 0.2) is 36.2 Å². The molecule has 1 N–H and O–H groups in total. The average Bonchev–Trinajstić information content (AvgIpc) is 2.13. The lowest BCUT2D eigenvalue weighted by atomic mass is 10.3. The Morgan fingerprint density at radius 2 is 2.33 bits per heavy atom. The summed E-state index contributed by atoms with van der Waals surface area (Å²) in [6.07, 6.45) is 9.58. The third-order valence-electron chi connectivity index (χ3n) is 0.978. The minimum atomic E-state index is 0.653.